The second-order valence-electron chi connectivity index (χ2n) is 4.16. The van der Waals surface area contributed by atoms with Gasteiger partial charge in [0, 0.05) is 12.6 Å². The molecule has 2 rings (SSSR count). The van der Waals surface area contributed by atoms with Gasteiger partial charge in [-0.1, -0.05) is 24.3 Å². The van der Waals surface area contributed by atoms with E-state index in [0.717, 1.165) is 12.1 Å². The highest BCUT2D eigenvalue weighted by Gasteiger charge is 2.07. The van der Waals surface area contributed by atoms with Crippen LogP contribution in [0.1, 0.15) is 30.4 Å². The summed E-state index contributed by atoms with van der Waals surface area (Å²) in [5.41, 5.74) is 1.91. The van der Waals surface area contributed by atoms with Crippen LogP contribution in [0.15, 0.2) is 36.4 Å². The van der Waals surface area contributed by atoms with E-state index in [2.05, 4.69) is 29.6 Å². The van der Waals surface area contributed by atoms with Gasteiger partial charge in [0.05, 0.1) is 11.6 Å². The van der Waals surface area contributed by atoms with Gasteiger partial charge in [-0.15, -0.1) is 0 Å². The standard InChI is InChI=1S/C14H16N2/c15-10-12-5-4-6-13(9-12)11-16-14-7-2-1-3-8-14/h2,4-7,9,14,16H,1,3,8,11H2. The molecule has 2 nitrogen and oxygen atoms in total. The monoisotopic (exact) mass is 212 g/mol. The molecular formula is C14H16N2. The summed E-state index contributed by atoms with van der Waals surface area (Å²) in [6.45, 7) is 0.838. The van der Waals surface area contributed by atoms with Gasteiger partial charge in [-0.2, -0.15) is 5.26 Å². The third-order valence-electron chi connectivity index (χ3n) is 2.88. The molecule has 0 fully saturated rings. The van der Waals surface area contributed by atoms with E-state index in [4.69, 9.17) is 5.26 Å². The number of benzene rings is 1. The molecule has 0 aliphatic heterocycles. The minimum atomic E-state index is 0.500. The van der Waals surface area contributed by atoms with Crippen molar-refractivity contribution in [2.24, 2.45) is 0 Å². The quantitative estimate of drug-likeness (QED) is 0.782. The first-order valence-corrected chi connectivity index (χ1v) is 5.77. The first-order chi connectivity index (χ1) is 7.88. The number of hydrogen-bond acceptors (Lipinski definition) is 2. The fourth-order valence-electron chi connectivity index (χ4n) is 1.98. The highest BCUT2D eigenvalue weighted by Crippen LogP contribution is 2.11. The van der Waals surface area contributed by atoms with E-state index in [1.807, 2.05) is 18.2 Å². The van der Waals surface area contributed by atoms with Gasteiger partial charge in [-0.25, -0.2) is 0 Å². The average Bonchev–Trinajstić information content (AvgIpc) is 2.38. The summed E-state index contributed by atoms with van der Waals surface area (Å²) in [6, 6.07) is 10.4. The predicted molar refractivity (Wildman–Crippen MR) is 64.8 cm³/mol. The zero-order valence-corrected chi connectivity index (χ0v) is 9.32. The molecule has 0 saturated carbocycles. The lowest BCUT2D eigenvalue weighted by Gasteiger charge is -2.17. The molecule has 1 aliphatic carbocycles. The molecule has 1 aromatic carbocycles. The Bertz CT molecular complexity index is 415. The normalized spacial score (nSPS) is 19.3. The topological polar surface area (TPSA) is 35.8 Å². The zero-order valence-electron chi connectivity index (χ0n) is 9.32. The minimum absolute atomic E-state index is 0.500. The van der Waals surface area contributed by atoms with Crippen molar-refractivity contribution in [3.63, 3.8) is 0 Å². The third-order valence-corrected chi connectivity index (χ3v) is 2.88. The fraction of sp³-hybridized carbons (Fsp3) is 0.357. The number of allylic oxidation sites excluding steroid dienone is 1. The Morgan fingerprint density at radius 1 is 1.44 bits per heavy atom. The summed E-state index contributed by atoms with van der Waals surface area (Å²) in [7, 11) is 0. The molecule has 0 heterocycles. The maximum Gasteiger partial charge on any atom is 0.0991 e. The molecule has 2 heteroatoms. The number of rotatable bonds is 3. The van der Waals surface area contributed by atoms with Crippen molar-refractivity contribution in [3.05, 3.63) is 47.5 Å². The lowest BCUT2D eigenvalue weighted by Crippen LogP contribution is -2.27. The molecule has 82 valence electrons. The molecular weight excluding hydrogens is 196 g/mol. The van der Waals surface area contributed by atoms with Crippen LogP contribution < -0.4 is 5.32 Å². The van der Waals surface area contributed by atoms with Gasteiger partial charge in [0.2, 0.25) is 0 Å². The van der Waals surface area contributed by atoms with E-state index in [0.29, 0.717) is 6.04 Å². The van der Waals surface area contributed by atoms with Crippen LogP contribution in [0.5, 0.6) is 0 Å². The summed E-state index contributed by atoms with van der Waals surface area (Å²) >= 11 is 0. The molecule has 0 aromatic heterocycles. The van der Waals surface area contributed by atoms with Gasteiger partial charge >= 0.3 is 0 Å². The Morgan fingerprint density at radius 3 is 3.12 bits per heavy atom. The summed E-state index contributed by atoms with van der Waals surface area (Å²) in [6.07, 6.45) is 8.19. The third kappa shape index (κ3) is 2.95. The van der Waals surface area contributed by atoms with Crippen molar-refractivity contribution in [2.75, 3.05) is 0 Å². The van der Waals surface area contributed by atoms with Crippen LogP contribution in [-0.2, 0) is 6.54 Å². The second kappa shape index (κ2) is 5.48. The van der Waals surface area contributed by atoms with Gasteiger partial charge in [0.1, 0.15) is 0 Å². The van der Waals surface area contributed by atoms with Crippen LogP contribution in [0, 0.1) is 11.3 Å². The molecule has 0 amide bonds. The molecule has 0 bridgehead atoms. The maximum atomic E-state index is 8.80. The van der Waals surface area contributed by atoms with Gasteiger partial charge in [0.25, 0.3) is 0 Å². The van der Waals surface area contributed by atoms with E-state index >= 15 is 0 Å². The summed E-state index contributed by atoms with van der Waals surface area (Å²) in [5.74, 6) is 0. The summed E-state index contributed by atoms with van der Waals surface area (Å²) in [4.78, 5) is 0. The summed E-state index contributed by atoms with van der Waals surface area (Å²) < 4.78 is 0. The van der Waals surface area contributed by atoms with Crippen LogP contribution in [-0.4, -0.2) is 6.04 Å². The van der Waals surface area contributed by atoms with Gasteiger partial charge < -0.3 is 5.32 Å². The second-order valence-corrected chi connectivity index (χ2v) is 4.16. The molecule has 0 radical (unpaired) electrons. The van der Waals surface area contributed by atoms with Crippen molar-refractivity contribution >= 4 is 0 Å². The van der Waals surface area contributed by atoms with Crippen molar-refractivity contribution in [2.45, 2.75) is 31.8 Å². The predicted octanol–water partition coefficient (Wildman–Crippen LogP) is 2.76. The Balaban J connectivity index is 1.91. The Hall–Kier alpha value is -1.59. The van der Waals surface area contributed by atoms with Crippen molar-refractivity contribution in [3.8, 4) is 6.07 Å². The van der Waals surface area contributed by atoms with Crippen molar-refractivity contribution in [1.82, 2.24) is 5.32 Å². The first-order valence-electron chi connectivity index (χ1n) is 5.77. The smallest absolute Gasteiger partial charge is 0.0991 e. The average molecular weight is 212 g/mol. The summed E-state index contributed by atoms with van der Waals surface area (Å²) in [5, 5.41) is 12.3. The number of nitrogens with one attached hydrogen (secondary N) is 1. The van der Waals surface area contributed by atoms with Crippen LogP contribution in [0.3, 0.4) is 0 Å². The van der Waals surface area contributed by atoms with E-state index in [1.54, 1.807) is 0 Å². The van der Waals surface area contributed by atoms with E-state index in [9.17, 15) is 0 Å². The molecule has 16 heavy (non-hydrogen) atoms. The lowest BCUT2D eigenvalue weighted by atomic mass is 10.0. The molecule has 0 spiro atoms. The van der Waals surface area contributed by atoms with Crippen LogP contribution in [0.4, 0.5) is 0 Å². The zero-order chi connectivity index (χ0) is 11.2. The van der Waals surface area contributed by atoms with E-state index < -0.39 is 0 Å². The highest BCUT2D eigenvalue weighted by molar-refractivity contribution is 5.32. The molecule has 0 saturated heterocycles. The van der Waals surface area contributed by atoms with Gasteiger partial charge in [-0.3, -0.25) is 0 Å². The first kappa shape index (κ1) is 10.9. The molecule has 1 aromatic rings. The number of hydrogen-bond donors (Lipinski definition) is 1. The SMILES string of the molecule is N#Cc1cccc(CNC2C=CCCC2)c1. The molecule has 1 N–H and O–H groups in total. The molecule has 1 aliphatic rings. The van der Waals surface area contributed by atoms with Gasteiger partial charge in [-0.05, 0) is 37.0 Å². The number of nitriles is 1. The Labute approximate surface area is 96.6 Å². The van der Waals surface area contributed by atoms with Crippen molar-refractivity contribution in [1.29, 1.82) is 5.26 Å². The van der Waals surface area contributed by atoms with Gasteiger partial charge in [0.15, 0.2) is 0 Å². The lowest BCUT2D eigenvalue weighted by molar-refractivity contribution is 0.522. The Morgan fingerprint density at radius 2 is 2.38 bits per heavy atom. The van der Waals surface area contributed by atoms with Crippen LogP contribution >= 0.6 is 0 Å². The van der Waals surface area contributed by atoms with Crippen LogP contribution in [0.2, 0.25) is 0 Å². The molecule has 1 unspecified atom stereocenters. The highest BCUT2D eigenvalue weighted by atomic mass is 14.9. The number of nitrogens with zero attached hydrogens (tertiary/aromatic N) is 1. The van der Waals surface area contributed by atoms with Crippen molar-refractivity contribution < 1.29 is 0 Å². The largest absolute Gasteiger partial charge is 0.306 e. The molecule has 1 atom stereocenters. The maximum absolute atomic E-state index is 8.80. The van der Waals surface area contributed by atoms with E-state index in [1.165, 1.54) is 24.8 Å². The van der Waals surface area contributed by atoms with E-state index in [-0.39, 0.29) is 0 Å². The Kier molecular flexibility index (Phi) is 3.74. The van der Waals surface area contributed by atoms with Crippen LogP contribution in [0.25, 0.3) is 0 Å². The fourth-order valence-corrected chi connectivity index (χ4v) is 1.98. The minimum Gasteiger partial charge on any atom is -0.306 e.